The van der Waals surface area contributed by atoms with Gasteiger partial charge in [0, 0.05) is 28.9 Å². The van der Waals surface area contributed by atoms with E-state index in [0.29, 0.717) is 18.1 Å². The van der Waals surface area contributed by atoms with E-state index >= 15 is 0 Å². The highest BCUT2D eigenvalue weighted by Gasteiger charge is 2.12. The molecule has 2 rings (SSSR count). The summed E-state index contributed by atoms with van der Waals surface area (Å²) in [5, 5.41) is 3.84. The maximum Gasteiger partial charge on any atom is 0.234 e. The van der Waals surface area contributed by atoms with Crippen LogP contribution in [0.25, 0.3) is 11.4 Å². The Morgan fingerprint density at radius 3 is 3.00 bits per heavy atom. The number of aromatic nitrogens is 3. The Morgan fingerprint density at radius 1 is 1.44 bits per heavy atom. The molecule has 0 amide bonds. The van der Waals surface area contributed by atoms with E-state index in [1.54, 1.807) is 12.4 Å². The number of rotatable bonds is 5. The first-order chi connectivity index (χ1) is 8.69. The van der Waals surface area contributed by atoms with Crippen LogP contribution >= 0.6 is 15.9 Å². The van der Waals surface area contributed by atoms with Gasteiger partial charge in [-0.3, -0.25) is 9.78 Å². The Bertz CT molecular complexity index is 554. The van der Waals surface area contributed by atoms with E-state index in [4.69, 9.17) is 4.52 Å². The van der Waals surface area contributed by atoms with Crippen LogP contribution in [0.5, 0.6) is 0 Å². The van der Waals surface area contributed by atoms with Crippen LogP contribution in [-0.4, -0.2) is 20.9 Å². The van der Waals surface area contributed by atoms with Gasteiger partial charge >= 0.3 is 0 Å². The molecule has 2 aromatic rings. The van der Waals surface area contributed by atoms with Crippen molar-refractivity contribution in [3.8, 4) is 11.4 Å². The van der Waals surface area contributed by atoms with Gasteiger partial charge < -0.3 is 4.52 Å². The second-order valence-electron chi connectivity index (χ2n) is 3.87. The molecule has 0 saturated heterocycles. The summed E-state index contributed by atoms with van der Waals surface area (Å²) in [6.07, 6.45) is 4.89. The number of halogens is 1. The molecule has 0 bridgehead atoms. The lowest BCUT2D eigenvalue weighted by atomic mass is 10.2. The van der Waals surface area contributed by atoms with Gasteiger partial charge in [-0.05, 0) is 28.4 Å². The van der Waals surface area contributed by atoms with Crippen molar-refractivity contribution in [1.82, 2.24) is 15.1 Å². The monoisotopic (exact) mass is 309 g/mol. The largest absolute Gasteiger partial charge is 0.338 e. The van der Waals surface area contributed by atoms with Crippen molar-refractivity contribution in [3.63, 3.8) is 0 Å². The highest BCUT2D eigenvalue weighted by Crippen LogP contribution is 2.19. The Morgan fingerprint density at radius 2 is 2.28 bits per heavy atom. The molecule has 0 radical (unpaired) electrons. The van der Waals surface area contributed by atoms with Crippen molar-refractivity contribution in [3.05, 3.63) is 28.8 Å². The minimum absolute atomic E-state index is 0.111. The summed E-state index contributed by atoms with van der Waals surface area (Å²) < 4.78 is 5.89. The standard InChI is InChI=1S/C12H12BrN3O2/c1-2-3-10(17)5-11-15-12(16-18-11)8-4-9(13)7-14-6-8/h4,6-7H,2-3,5H2,1H3. The average molecular weight is 310 g/mol. The fourth-order valence-corrected chi connectivity index (χ4v) is 1.88. The number of carbonyl (C=O) groups is 1. The van der Waals surface area contributed by atoms with Crippen LogP contribution in [0.3, 0.4) is 0 Å². The molecule has 2 aromatic heterocycles. The molecule has 94 valence electrons. The number of nitrogens with zero attached hydrogens (tertiary/aromatic N) is 3. The molecule has 0 saturated carbocycles. The highest BCUT2D eigenvalue weighted by molar-refractivity contribution is 9.10. The van der Waals surface area contributed by atoms with Crippen LogP contribution in [0.15, 0.2) is 27.5 Å². The van der Waals surface area contributed by atoms with Gasteiger partial charge in [-0.1, -0.05) is 12.1 Å². The van der Waals surface area contributed by atoms with Crippen molar-refractivity contribution in [2.75, 3.05) is 0 Å². The van der Waals surface area contributed by atoms with Gasteiger partial charge in [-0.2, -0.15) is 4.98 Å². The van der Waals surface area contributed by atoms with E-state index in [-0.39, 0.29) is 12.2 Å². The van der Waals surface area contributed by atoms with Crippen molar-refractivity contribution in [1.29, 1.82) is 0 Å². The van der Waals surface area contributed by atoms with Crippen LogP contribution < -0.4 is 0 Å². The minimum atomic E-state index is 0.111. The van der Waals surface area contributed by atoms with Crippen LogP contribution in [0.2, 0.25) is 0 Å². The lowest BCUT2D eigenvalue weighted by molar-refractivity contribution is -0.118. The van der Waals surface area contributed by atoms with Crippen LogP contribution in [0.1, 0.15) is 25.7 Å². The first-order valence-corrected chi connectivity index (χ1v) is 6.43. The summed E-state index contributed by atoms with van der Waals surface area (Å²) in [6, 6.07) is 1.84. The highest BCUT2D eigenvalue weighted by atomic mass is 79.9. The van der Waals surface area contributed by atoms with Gasteiger partial charge in [0.25, 0.3) is 0 Å². The maximum atomic E-state index is 11.5. The van der Waals surface area contributed by atoms with E-state index in [1.165, 1.54) is 0 Å². The van der Waals surface area contributed by atoms with Gasteiger partial charge in [0.15, 0.2) is 0 Å². The molecule has 0 fully saturated rings. The summed E-state index contributed by atoms with van der Waals surface area (Å²) in [4.78, 5) is 19.7. The fraction of sp³-hybridized carbons (Fsp3) is 0.333. The first-order valence-electron chi connectivity index (χ1n) is 5.64. The zero-order chi connectivity index (χ0) is 13.0. The van der Waals surface area contributed by atoms with E-state index in [2.05, 4.69) is 31.1 Å². The Kier molecular flexibility index (Phi) is 4.19. The molecule has 0 aromatic carbocycles. The van der Waals surface area contributed by atoms with Gasteiger partial charge in [0.05, 0.1) is 6.42 Å². The SMILES string of the molecule is CCCC(=O)Cc1nc(-c2cncc(Br)c2)no1. The summed E-state index contributed by atoms with van der Waals surface area (Å²) in [7, 11) is 0. The first kappa shape index (κ1) is 12.9. The van der Waals surface area contributed by atoms with Crippen molar-refractivity contribution in [2.24, 2.45) is 0 Å². The molecule has 0 spiro atoms. The average Bonchev–Trinajstić information content (AvgIpc) is 2.78. The smallest absolute Gasteiger partial charge is 0.234 e. The minimum Gasteiger partial charge on any atom is -0.338 e. The molecule has 6 heteroatoms. The number of Topliss-reactive ketones (excluding diaryl/α,β-unsaturated/α-hetero) is 1. The lowest BCUT2D eigenvalue weighted by Crippen LogP contribution is -2.01. The van der Waals surface area contributed by atoms with Crippen molar-refractivity contribution >= 4 is 21.7 Å². The topological polar surface area (TPSA) is 68.9 Å². The molecule has 0 aliphatic rings. The fourth-order valence-electron chi connectivity index (χ4n) is 1.51. The van der Waals surface area contributed by atoms with Crippen molar-refractivity contribution < 1.29 is 9.32 Å². The third-order valence-electron chi connectivity index (χ3n) is 2.31. The van der Waals surface area contributed by atoms with Crippen LogP contribution in [0, 0.1) is 0 Å². The van der Waals surface area contributed by atoms with E-state index in [0.717, 1.165) is 16.5 Å². The third kappa shape index (κ3) is 3.22. The van der Waals surface area contributed by atoms with E-state index < -0.39 is 0 Å². The summed E-state index contributed by atoms with van der Waals surface area (Å²) in [5.74, 6) is 0.909. The number of pyridine rings is 1. The van der Waals surface area contributed by atoms with Crippen LogP contribution in [0.4, 0.5) is 0 Å². The normalized spacial score (nSPS) is 10.6. The predicted molar refractivity (Wildman–Crippen MR) is 68.8 cm³/mol. The maximum absolute atomic E-state index is 11.5. The zero-order valence-corrected chi connectivity index (χ0v) is 11.5. The molecule has 0 N–H and O–H groups in total. The number of hydrogen-bond donors (Lipinski definition) is 0. The third-order valence-corrected chi connectivity index (χ3v) is 2.74. The molecular weight excluding hydrogens is 298 g/mol. The second kappa shape index (κ2) is 5.86. The van der Waals surface area contributed by atoms with Crippen molar-refractivity contribution in [2.45, 2.75) is 26.2 Å². The molecule has 0 unspecified atom stereocenters. The second-order valence-corrected chi connectivity index (χ2v) is 4.78. The Balaban J connectivity index is 2.13. The van der Waals surface area contributed by atoms with Gasteiger partial charge in [-0.15, -0.1) is 0 Å². The molecule has 2 heterocycles. The molecule has 18 heavy (non-hydrogen) atoms. The summed E-state index contributed by atoms with van der Waals surface area (Å²) in [5.41, 5.74) is 0.752. The number of carbonyl (C=O) groups excluding carboxylic acids is 1. The number of ketones is 1. The van der Waals surface area contributed by atoms with Gasteiger partial charge in [0.1, 0.15) is 5.78 Å². The molecule has 0 aliphatic heterocycles. The zero-order valence-electron chi connectivity index (χ0n) is 9.89. The van der Waals surface area contributed by atoms with E-state index in [1.807, 2.05) is 13.0 Å². The summed E-state index contributed by atoms with van der Waals surface area (Å²) >= 11 is 3.32. The molecule has 5 nitrogen and oxygen atoms in total. The Labute approximate surface area is 113 Å². The lowest BCUT2D eigenvalue weighted by Gasteiger charge is -1.93. The predicted octanol–water partition coefficient (Wildman–Crippen LogP) is 2.81. The number of hydrogen-bond acceptors (Lipinski definition) is 5. The molecule has 0 aliphatic carbocycles. The quantitative estimate of drug-likeness (QED) is 0.849. The Hall–Kier alpha value is -1.56. The molecule has 0 atom stereocenters. The van der Waals surface area contributed by atoms with E-state index in [9.17, 15) is 4.79 Å². The van der Waals surface area contributed by atoms with Gasteiger partial charge in [-0.25, -0.2) is 0 Å². The summed E-state index contributed by atoms with van der Waals surface area (Å²) in [6.45, 7) is 1.96. The van der Waals surface area contributed by atoms with Crippen LogP contribution in [-0.2, 0) is 11.2 Å². The van der Waals surface area contributed by atoms with Gasteiger partial charge in [0.2, 0.25) is 11.7 Å². The molecular formula is C12H12BrN3O2.